The number of carbonyl (C=O) groups excluding carboxylic acids is 1. The zero-order valence-corrected chi connectivity index (χ0v) is 14.2. The molecular formula is C15H17F3N4O2S. The van der Waals surface area contributed by atoms with Gasteiger partial charge in [0.2, 0.25) is 0 Å². The standard InChI is InChI=1S/C15H17F3N4O2S/c1-10-12(11-3-6-19-7-4-11)25-14(21-10)22-13(23)20-5-2-8-24-9-15(16,17)18/h3-4,6-7H,2,5,8-9H2,1H3,(H2,20,21,22,23). The lowest BCUT2D eigenvalue weighted by Crippen LogP contribution is -2.30. The molecule has 6 nitrogen and oxygen atoms in total. The van der Waals surface area contributed by atoms with Crippen molar-refractivity contribution in [2.24, 2.45) is 0 Å². The zero-order chi connectivity index (χ0) is 18.3. The summed E-state index contributed by atoms with van der Waals surface area (Å²) in [6.45, 7) is 0.677. The van der Waals surface area contributed by atoms with E-state index in [0.717, 1.165) is 16.1 Å². The van der Waals surface area contributed by atoms with Crippen LogP contribution in [0.25, 0.3) is 10.4 Å². The number of hydrogen-bond acceptors (Lipinski definition) is 5. The number of nitrogens with zero attached hydrogens (tertiary/aromatic N) is 2. The Hall–Kier alpha value is -2.20. The van der Waals surface area contributed by atoms with Crippen molar-refractivity contribution in [3.8, 4) is 10.4 Å². The SMILES string of the molecule is Cc1nc(NC(=O)NCCCOCC(F)(F)F)sc1-c1ccncc1. The molecule has 0 aliphatic rings. The molecule has 2 N–H and O–H groups in total. The lowest BCUT2D eigenvalue weighted by atomic mass is 10.2. The van der Waals surface area contributed by atoms with Gasteiger partial charge in [0, 0.05) is 25.5 Å². The second-order valence-corrected chi connectivity index (χ2v) is 6.07. The van der Waals surface area contributed by atoms with Gasteiger partial charge in [0.15, 0.2) is 5.13 Å². The van der Waals surface area contributed by atoms with Crippen LogP contribution in [-0.4, -0.2) is 41.9 Å². The lowest BCUT2D eigenvalue weighted by Gasteiger charge is -2.08. The van der Waals surface area contributed by atoms with Gasteiger partial charge in [-0.2, -0.15) is 13.2 Å². The highest BCUT2D eigenvalue weighted by Crippen LogP contribution is 2.32. The van der Waals surface area contributed by atoms with Gasteiger partial charge in [0.1, 0.15) is 6.61 Å². The highest BCUT2D eigenvalue weighted by atomic mass is 32.1. The minimum atomic E-state index is -4.33. The Morgan fingerprint density at radius 3 is 2.72 bits per heavy atom. The molecule has 25 heavy (non-hydrogen) atoms. The van der Waals surface area contributed by atoms with Crippen LogP contribution < -0.4 is 10.6 Å². The van der Waals surface area contributed by atoms with Crippen LogP contribution in [0, 0.1) is 6.92 Å². The van der Waals surface area contributed by atoms with E-state index in [0.29, 0.717) is 5.13 Å². The van der Waals surface area contributed by atoms with E-state index in [1.807, 2.05) is 19.1 Å². The third kappa shape index (κ3) is 6.67. The van der Waals surface area contributed by atoms with Crippen LogP contribution in [0.5, 0.6) is 0 Å². The maximum Gasteiger partial charge on any atom is 0.411 e. The van der Waals surface area contributed by atoms with Crippen molar-refractivity contribution in [2.45, 2.75) is 19.5 Å². The smallest absolute Gasteiger partial charge is 0.372 e. The third-order valence-electron chi connectivity index (χ3n) is 2.98. The maximum absolute atomic E-state index is 11.9. The Morgan fingerprint density at radius 2 is 2.04 bits per heavy atom. The second-order valence-electron chi connectivity index (χ2n) is 5.07. The van der Waals surface area contributed by atoms with Crippen LogP contribution in [0.3, 0.4) is 0 Å². The van der Waals surface area contributed by atoms with Crippen molar-refractivity contribution >= 4 is 22.5 Å². The number of ether oxygens (including phenoxy) is 1. The van der Waals surface area contributed by atoms with Gasteiger partial charge in [-0.3, -0.25) is 10.3 Å². The number of rotatable bonds is 7. The molecule has 2 aromatic rings. The first-order valence-corrected chi connectivity index (χ1v) is 8.24. The molecule has 0 aliphatic carbocycles. The first-order valence-electron chi connectivity index (χ1n) is 7.42. The molecule has 2 rings (SSSR count). The molecule has 0 aliphatic heterocycles. The van der Waals surface area contributed by atoms with Crippen molar-refractivity contribution in [3.05, 3.63) is 30.2 Å². The van der Waals surface area contributed by atoms with Gasteiger partial charge in [-0.15, -0.1) is 0 Å². The van der Waals surface area contributed by atoms with Gasteiger partial charge < -0.3 is 10.1 Å². The minimum absolute atomic E-state index is 0.0810. The van der Waals surface area contributed by atoms with Crippen molar-refractivity contribution in [3.63, 3.8) is 0 Å². The van der Waals surface area contributed by atoms with Crippen LogP contribution in [0.15, 0.2) is 24.5 Å². The summed E-state index contributed by atoms with van der Waals surface area (Å²) < 4.78 is 40.1. The number of pyridine rings is 1. The van der Waals surface area contributed by atoms with Crippen LogP contribution in [-0.2, 0) is 4.74 Å². The summed E-state index contributed by atoms with van der Waals surface area (Å²) in [6.07, 6.45) is -0.701. The molecule has 10 heteroatoms. The van der Waals surface area contributed by atoms with Gasteiger partial charge in [0.25, 0.3) is 0 Å². The van der Waals surface area contributed by atoms with Gasteiger partial charge >= 0.3 is 12.2 Å². The van der Waals surface area contributed by atoms with Crippen LogP contribution in [0.4, 0.5) is 23.1 Å². The quantitative estimate of drug-likeness (QED) is 0.726. The summed E-state index contributed by atoms with van der Waals surface area (Å²) in [5, 5.41) is 5.59. The predicted octanol–water partition coefficient (Wildman–Crippen LogP) is 3.60. The first kappa shape index (κ1) is 19.1. The number of carbonyl (C=O) groups is 1. The summed E-state index contributed by atoms with van der Waals surface area (Å²) in [5.41, 5.74) is 1.74. The molecule has 2 heterocycles. The van der Waals surface area contributed by atoms with Crippen molar-refractivity contribution in [2.75, 3.05) is 25.1 Å². The number of urea groups is 1. The molecule has 0 aromatic carbocycles. The van der Waals surface area contributed by atoms with Gasteiger partial charge in [0.05, 0.1) is 10.6 Å². The van der Waals surface area contributed by atoms with Crippen molar-refractivity contribution in [1.29, 1.82) is 0 Å². The van der Waals surface area contributed by atoms with Gasteiger partial charge in [-0.05, 0) is 31.0 Å². The number of nitrogens with one attached hydrogen (secondary N) is 2. The predicted molar refractivity (Wildman–Crippen MR) is 88.6 cm³/mol. The molecule has 0 bridgehead atoms. The molecule has 0 saturated carbocycles. The topological polar surface area (TPSA) is 76.1 Å². The summed E-state index contributed by atoms with van der Waals surface area (Å²) in [6, 6.07) is 3.24. The largest absolute Gasteiger partial charge is 0.411 e. The van der Waals surface area contributed by atoms with E-state index in [2.05, 4.69) is 25.3 Å². The Kier molecular flexibility index (Phi) is 6.71. The van der Waals surface area contributed by atoms with E-state index in [-0.39, 0.29) is 19.6 Å². The molecule has 136 valence electrons. The molecule has 0 fully saturated rings. The van der Waals surface area contributed by atoms with E-state index in [9.17, 15) is 18.0 Å². The van der Waals surface area contributed by atoms with Crippen LogP contribution in [0.1, 0.15) is 12.1 Å². The maximum atomic E-state index is 11.9. The number of halogens is 3. The summed E-state index contributed by atoms with van der Waals surface area (Å²) >= 11 is 1.33. The fourth-order valence-corrected chi connectivity index (χ4v) is 2.89. The number of amides is 2. The Labute approximate surface area is 146 Å². The van der Waals surface area contributed by atoms with Crippen LogP contribution >= 0.6 is 11.3 Å². The molecule has 0 saturated heterocycles. The number of aromatic nitrogens is 2. The minimum Gasteiger partial charge on any atom is -0.372 e. The number of alkyl halides is 3. The monoisotopic (exact) mass is 374 g/mol. The molecular weight excluding hydrogens is 357 g/mol. The van der Waals surface area contributed by atoms with E-state index in [1.165, 1.54) is 11.3 Å². The summed E-state index contributed by atoms with van der Waals surface area (Å²) in [7, 11) is 0. The van der Waals surface area contributed by atoms with E-state index in [4.69, 9.17) is 0 Å². The van der Waals surface area contributed by atoms with E-state index >= 15 is 0 Å². The number of thiazole rings is 1. The average molecular weight is 374 g/mol. The number of anilines is 1. The molecule has 0 spiro atoms. The number of aryl methyl sites for hydroxylation is 1. The Balaban J connectivity index is 1.74. The second kappa shape index (κ2) is 8.77. The van der Waals surface area contributed by atoms with Crippen molar-refractivity contribution in [1.82, 2.24) is 15.3 Å². The highest BCUT2D eigenvalue weighted by Gasteiger charge is 2.27. The van der Waals surface area contributed by atoms with E-state index < -0.39 is 18.8 Å². The van der Waals surface area contributed by atoms with Crippen LogP contribution in [0.2, 0.25) is 0 Å². The van der Waals surface area contributed by atoms with E-state index in [1.54, 1.807) is 12.4 Å². The Morgan fingerprint density at radius 1 is 1.32 bits per heavy atom. The van der Waals surface area contributed by atoms with Crippen molar-refractivity contribution < 1.29 is 22.7 Å². The number of hydrogen-bond donors (Lipinski definition) is 2. The lowest BCUT2D eigenvalue weighted by molar-refractivity contribution is -0.173. The molecule has 0 radical (unpaired) electrons. The highest BCUT2D eigenvalue weighted by molar-refractivity contribution is 7.19. The first-order chi connectivity index (χ1) is 11.8. The average Bonchev–Trinajstić information content (AvgIpc) is 2.91. The molecule has 0 unspecified atom stereocenters. The summed E-state index contributed by atoms with van der Waals surface area (Å²) in [4.78, 5) is 20.9. The summed E-state index contributed by atoms with van der Waals surface area (Å²) in [5.74, 6) is 0. The molecule has 2 amide bonds. The van der Waals surface area contributed by atoms with Gasteiger partial charge in [-0.25, -0.2) is 9.78 Å². The Bertz CT molecular complexity index is 692. The third-order valence-corrected chi connectivity index (χ3v) is 4.10. The zero-order valence-electron chi connectivity index (χ0n) is 13.4. The molecule has 2 aromatic heterocycles. The fraction of sp³-hybridized carbons (Fsp3) is 0.400. The fourth-order valence-electron chi connectivity index (χ4n) is 1.93. The normalized spacial score (nSPS) is 11.4. The molecule has 0 atom stereocenters. The van der Waals surface area contributed by atoms with Gasteiger partial charge in [-0.1, -0.05) is 11.3 Å².